The van der Waals surface area contributed by atoms with E-state index in [1.807, 2.05) is 35.2 Å². The summed E-state index contributed by atoms with van der Waals surface area (Å²) in [6.07, 6.45) is 2.40. The van der Waals surface area contributed by atoms with Gasteiger partial charge in [-0.1, -0.05) is 37.3 Å². The highest BCUT2D eigenvalue weighted by atomic mass is 16.2. The maximum absolute atomic E-state index is 12.2. The number of likely N-dealkylation sites (tertiary alicyclic amines) is 1. The monoisotopic (exact) mass is 317 g/mol. The third kappa shape index (κ3) is 6.02. The Morgan fingerprint density at radius 3 is 2.52 bits per heavy atom. The van der Waals surface area contributed by atoms with Crippen LogP contribution in [0.4, 0.5) is 0 Å². The molecule has 126 valence electrons. The van der Waals surface area contributed by atoms with E-state index in [1.165, 1.54) is 0 Å². The van der Waals surface area contributed by atoms with Crippen LogP contribution in [-0.4, -0.2) is 49.4 Å². The van der Waals surface area contributed by atoms with Crippen molar-refractivity contribution < 1.29 is 9.59 Å². The van der Waals surface area contributed by atoms with Gasteiger partial charge in [0.25, 0.3) is 0 Å². The summed E-state index contributed by atoms with van der Waals surface area (Å²) >= 11 is 0. The van der Waals surface area contributed by atoms with Crippen LogP contribution >= 0.6 is 0 Å². The highest BCUT2D eigenvalue weighted by Gasteiger charge is 2.22. The lowest BCUT2D eigenvalue weighted by Gasteiger charge is -2.32. The molecular formula is C18H27N3O2. The fourth-order valence-electron chi connectivity index (χ4n) is 2.86. The number of piperidine rings is 1. The molecule has 0 atom stereocenters. The summed E-state index contributed by atoms with van der Waals surface area (Å²) in [7, 11) is 0. The van der Waals surface area contributed by atoms with Crippen molar-refractivity contribution in [1.82, 2.24) is 15.5 Å². The lowest BCUT2D eigenvalue weighted by atomic mass is 9.97. The van der Waals surface area contributed by atoms with Gasteiger partial charge in [0.15, 0.2) is 0 Å². The second-order valence-electron chi connectivity index (χ2n) is 6.07. The Morgan fingerprint density at radius 1 is 1.17 bits per heavy atom. The van der Waals surface area contributed by atoms with Gasteiger partial charge in [0.1, 0.15) is 0 Å². The van der Waals surface area contributed by atoms with Crippen molar-refractivity contribution in [2.45, 2.75) is 26.2 Å². The van der Waals surface area contributed by atoms with Gasteiger partial charge >= 0.3 is 0 Å². The van der Waals surface area contributed by atoms with E-state index in [0.717, 1.165) is 44.6 Å². The van der Waals surface area contributed by atoms with Gasteiger partial charge in [-0.05, 0) is 37.4 Å². The molecule has 2 amide bonds. The Labute approximate surface area is 138 Å². The standard InChI is InChI=1S/C18H27N3O2/c1-2-19-13-16-8-10-21(11-9-16)18(23)14-20-17(22)12-15-6-4-3-5-7-15/h3-7,16,19H,2,8-14H2,1H3,(H,20,22). The summed E-state index contributed by atoms with van der Waals surface area (Å²) in [6, 6.07) is 9.56. The van der Waals surface area contributed by atoms with Gasteiger partial charge in [-0.2, -0.15) is 0 Å². The average molecular weight is 317 g/mol. The van der Waals surface area contributed by atoms with E-state index < -0.39 is 0 Å². The topological polar surface area (TPSA) is 61.4 Å². The van der Waals surface area contributed by atoms with E-state index in [4.69, 9.17) is 0 Å². The second-order valence-corrected chi connectivity index (χ2v) is 6.07. The Morgan fingerprint density at radius 2 is 1.87 bits per heavy atom. The molecule has 1 aliphatic rings. The highest BCUT2D eigenvalue weighted by molar-refractivity contribution is 5.85. The molecule has 0 radical (unpaired) electrons. The number of carbonyl (C=O) groups excluding carboxylic acids is 2. The number of hydrogen-bond donors (Lipinski definition) is 2. The van der Waals surface area contributed by atoms with E-state index >= 15 is 0 Å². The summed E-state index contributed by atoms with van der Waals surface area (Å²) in [5, 5.41) is 6.10. The quantitative estimate of drug-likeness (QED) is 0.794. The molecule has 0 unspecified atom stereocenters. The molecule has 2 N–H and O–H groups in total. The van der Waals surface area contributed by atoms with E-state index in [0.29, 0.717) is 12.3 Å². The maximum Gasteiger partial charge on any atom is 0.241 e. The van der Waals surface area contributed by atoms with Gasteiger partial charge in [0.2, 0.25) is 11.8 Å². The molecule has 1 saturated heterocycles. The van der Waals surface area contributed by atoms with Gasteiger partial charge in [-0.25, -0.2) is 0 Å². The van der Waals surface area contributed by atoms with Crippen LogP contribution in [-0.2, 0) is 16.0 Å². The molecule has 1 aromatic carbocycles. The molecule has 2 rings (SSSR count). The average Bonchev–Trinajstić information content (AvgIpc) is 2.59. The molecule has 1 heterocycles. The lowest BCUT2D eigenvalue weighted by Crippen LogP contribution is -2.45. The van der Waals surface area contributed by atoms with E-state index in [-0.39, 0.29) is 18.4 Å². The van der Waals surface area contributed by atoms with Crippen LogP contribution in [0, 0.1) is 5.92 Å². The Bertz CT molecular complexity index is 496. The van der Waals surface area contributed by atoms with Crippen LogP contribution in [0.25, 0.3) is 0 Å². The SMILES string of the molecule is CCNCC1CCN(C(=O)CNC(=O)Cc2ccccc2)CC1. The van der Waals surface area contributed by atoms with Crippen LogP contribution in [0.15, 0.2) is 30.3 Å². The third-order valence-corrected chi connectivity index (χ3v) is 4.29. The number of carbonyl (C=O) groups is 2. The van der Waals surface area contributed by atoms with Crippen molar-refractivity contribution in [1.29, 1.82) is 0 Å². The first-order chi connectivity index (χ1) is 11.2. The summed E-state index contributed by atoms with van der Waals surface area (Å²) in [4.78, 5) is 25.9. The first kappa shape index (κ1) is 17.5. The van der Waals surface area contributed by atoms with Gasteiger partial charge in [-0.3, -0.25) is 9.59 Å². The zero-order chi connectivity index (χ0) is 16.5. The summed E-state index contributed by atoms with van der Waals surface area (Å²) in [5.74, 6) is 0.576. The molecule has 0 bridgehead atoms. The van der Waals surface area contributed by atoms with Crippen LogP contribution in [0.5, 0.6) is 0 Å². The molecule has 23 heavy (non-hydrogen) atoms. The van der Waals surface area contributed by atoms with Crippen molar-refractivity contribution in [2.75, 3.05) is 32.7 Å². The minimum absolute atomic E-state index is 0.0216. The van der Waals surface area contributed by atoms with Crippen LogP contribution in [0.2, 0.25) is 0 Å². The summed E-state index contributed by atoms with van der Waals surface area (Å²) < 4.78 is 0. The largest absolute Gasteiger partial charge is 0.347 e. The first-order valence-electron chi connectivity index (χ1n) is 8.48. The minimum atomic E-state index is -0.105. The molecule has 5 heteroatoms. The van der Waals surface area contributed by atoms with Gasteiger partial charge in [0, 0.05) is 13.1 Å². The minimum Gasteiger partial charge on any atom is -0.347 e. The van der Waals surface area contributed by atoms with E-state index in [9.17, 15) is 9.59 Å². The molecule has 0 spiro atoms. The number of rotatable bonds is 7. The first-order valence-corrected chi connectivity index (χ1v) is 8.48. The van der Waals surface area contributed by atoms with Crippen LogP contribution < -0.4 is 10.6 Å². The van der Waals surface area contributed by atoms with Crippen LogP contribution in [0.3, 0.4) is 0 Å². The molecule has 0 aliphatic carbocycles. The van der Waals surface area contributed by atoms with E-state index in [1.54, 1.807) is 0 Å². The number of nitrogens with one attached hydrogen (secondary N) is 2. The van der Waals surface area contributed by atoms with Crippen molar-refractivity contribution in [3.63, 3.8) is 0 Å². The molecule has 1 aliphatic heterocycles. The Kier molecular flexibility index (Phi) is 7.07. The third-order valence-electron chi connectivity index (χ3n) is 4.29. The number of amides is 2. The highest BCUT2D eigenvalue weighted by Crippen LogP contribution is 2.16. The van der Waals surface area contributed by atoms with Gasteiger partial charge in [-0.15, -0.1) is 0 Å². The number of nitrogens with zero attached hydrogens (tertiary/aromatic N) is 1. The van der Waals surface area contributed by atoms with E-state index in [2.05, 4.69) is 17.6 Å². The Hall–Kier alpha value is -1.88. The molecule has 5 nitrogen and oxygen atoms in total. The fraction of sp³-hybridized carbons (Fsp3) is 0.556. The van der Waals surface area contributed by atoms with Crippen molar-refractivity contribution in [3.05, 3.63) is 35.9 Å². The second kappa shape index (κ2) is 9.30. The molecule has 0 aromatic heterocycles. The number of hydrogen-bond acceptors (Lipinski definition) is 3. The van der Waals surface area contributed by atoms with Gasteiger partial charge in [0.05, 0.1) is 13.0 Å². The van der Waals surface area contributed by atoms with Crippen molar-refractivity contribution in [2.24, 2.45) is 5.92 Å². The summed E-state index contributed by atoms with van der Waals surface area (Å²) in [6.45, 7) is 5.83. The fourth-order valence-corrected chi connectivity index (χ4v) is 2.86. The molecule has 1 fully saturated rings. The lowest BCUT2D eigenvalue weighted by molar-refractivity contribution is -0.133. The Balaban J connectivity index is 1.66. The molecular weight excluding hydrogens is 290 g/mol. The van der Waals surface area contributed by atoms with Crippen LogP contribution in [0.1, 0.15) is 25.3 Å². The van der Waals surface area contributed by atoms with Crippen molar-refractivity contribution in [3.8, 4) is 0 Å². The zero-order valence-electron chi connectivity index (χ0n) is 13.9. The number of benzene rings is 1. The predicted molar refractivity (Wildman–Crippen MR) is 91.0 cm³/mol. The van der Waals surface area contributed by atoms with Crippen molar-refractivity contribution >= 4 is 11.8 Å². The molecule has 1 aromatic rings. The van der Waals surface area contributed by atoms with Gasteiger partial charge < -0.3 is 15.5 Å². The zero-order valence-corrected chi connectivity index (χ0v) is 13.9. The maximum atomic E-state index is 12.2. The molecule has 0 saturated carbocycles. The normalized spacial score (nSPS) is 15.4. The smallest absolute Gasteiger partial charge is 0.241 e. The predicted octanol–water partition coefficient (Wildman–Crippen LogP) is 1.19. The summed E-state index contributed by atoms with van der Waals surface area (Å²) in [5.41, 5.74) is 0.960.